The average Bonchev–Trinajstić information content (AvgIpc) is 2.82. The predicted molar refractivity (Wildman–Crippen MR) is 67.3 cm³/mol. The van der Waals surface area contributed by atoms with E-state index in [9.17, 15) is 0 Å². The van der Waals surface area contributed by atoms with Crippen molar-refractivity contribution in [2.45, 2.75) is 25.0 Å². The van der Waals surface area contributed by atoms with Gasteiger partial charge in [-0.2, -0.15) is 0 Å². The Bertz CT molecular complexity index is 389. The molecule has 2 unspecified atom stereocenters. The van der Waals surface area contributed by atoms with Crippen LogP contribution >= 0.6 is 11.3 Å². The first-order valence-electron chi connectivity index (χ1n) is 5.82. The van der Waals surface area contributed by atoms with Crippen LogP contribution in [-0.4, -0.2) is 30.6 Å². The second-order valence-corrected chi connectivity index (χ2v) is 5.89. The molecule has 0 aliphatic carbocycles. The number of nitrogen functional groups attached to an aromatic ring is 1. The lowest BCUT2D eigenvalue weighted by Gasteiger charge is -2.31. The lowest BCUT2D eigenvalue weighted by atomic mass is 10.0. The van der Waals surface area contributed by atoms with Gasteiger partial charge in [0.05, 0.1) is 5.00 Å². The van der Waals surface area contributed by atoms with Crippen LogP contribution in [0.1, 0.15) is 22.9 Å². The molecule has 4 nitrogen and oxygen atoms in total. The van der Waals surface area contributed by atoms with Gasteiger partial charge in [0.15, 0.2) is 0 Å². The van der Waals surface area contributed by atoms with E-state index in [4.69, 9.17) is 11.5 Å². The van der Waals surface area contributed by atoms with Crippen molar-refractivity contribution >= 4 is 16.3 Å². The molecular weight excluding hydrogens is 220 g/mol. The van der Waals surface area contributed by atoms with Crippen LogP contribution in [0.5, 0.6) is 0 Å². The van der Waals surface area contributed by atoms with Crippen LogP contribution in [0.15, 0.2) is 6.07 Å². The maximum Gasteiger partial charge on any atom is 0.0863 e. The van der Waals surface area contributed by atoms with Crippen molar-refractivity contribution in [1.82, 2.24) is 10.2 Å². The molecule has 0 spiro atoms. The Kier molecular flexibility index (Phi) is 2.63. The number of nitrogens with zero attached hydrogens (tertiary/aromatic N) is 1. The predicted octanol–water partition coefficient (Wildman–Crippen LogP) is 0.508. The average molecular weight is 238 g/mol. The summed E-state index contributed by atoms with van der Waals surface area (Å²) in [5.74, 6) is 0. The maximum absolute atomic E-state index is 5.97. The van der Waals surface area contributed by atoms with Crippen molar-refractivity contribution in [3.8, 4) is 0 Å². The van der Waals surface area contributed by atoms with Crippen LogP contribution in [0.25, 0.3) is 0 Å². The molecule has 2 atom stereocenters. The van der Waals surface area contributed by atoms with Crippen molar-refractivity contribution in [1.29, 1.82) is 0 Å². The molecule has 2 aliphatic rings. The zero-order chi connectivity index (χ0) is 11.1. The van der Waals surface area contributed by atoms with E-state index >= 15 is 0 Å². The van der Waals surface area contributed by atoms with Crippen LogP contribution in [0.3, 0.4) is 0 Å². The largest absolute Gasteiger partial charge is 0.391 e. The minimum Gasteiger partial charge on any atom is -0.391 e. The fourth-order valence-electron chi connectivity index (χ4n) is 2.74. The van der Waals surface area contributed by atoms with E-state index in [2.05, 4.69) is 16.3 Å². The Morgan fingerprint density at radius 3 is 3.12 bits per heavy atom. The van der Waals surface area contributed by atoms with Gasteiger partial charge in [-0.3, -0.25) is 4.90 Å². The van der Waals surface area contributed by atoms with E-state index in [1.165, 1.54) is 10.4 Å². The minimum atomic E-state index is 0.348. The maximum atomic E-state index is 5.97. The van der Waals surface area contributed by atoms with Gasteiger partial charge in [0, 0.05) is 43.1 Å². The van der Waals surface area contributed by atoms with Gasteiger partial charge in [0.2, 0.25) is 0 Å². The lowest BCUT2D eigenvalue weighted by Crippen LogP contribution is -2.39. The summed E-state index contributed by atoms with van der Waals surface area (Å²) in [6, 6.07) is 2.97. The molecule has 3 heterocycles. The molecule has 1 saturated heterocycles. The molecule has 88 valence electrons. The van der Waals surface area contributed by atoms with E-state index in [1.807, 2.05) is 0 Å². The summed E-state index contributed by atoms with van der Waals surface area (Å²) in [4.78, 5) is 3.89. The number of hydrogen-bond donors (Lipinski definition) is 3. The molecule has 1 fully saturated rings. The first kappa shape index (κ1) is 10.5. The smallest absolute Gasteiger partial charge is 0.0863 e. The first-order chi connectivity index (χ1) is 7.74. The quantitative estimate of drug-likeness (QED) is 0.667. The summed E-state index contributed by atoms with van der Waals surface area (Å²) >= 11 is 1.71. The third kappa shape index (κ3) is 1.73. The van der Waals surface area contributed by atoms with E-state index in [1.54, 1.807) is 11.3 Å². The van der Waals surface area contributed by atoms with Crippen molar-refractivity contribution in [2.75, 3.05) is 25.4 Å². The molecular formula is C11H18N4S. The number of nitrogens with one attached hydrogen (secondary N) is 1. The third-order valence-corrected chi connectivity index (χ3v) is 4.52. The summed E-state index contributed by atoms with van der Waals surface area (Å²) < 4.78 is 0. The standard InChI is InChI=1S/C11H18N4S/c12-7-1-2-15(6-7)9-4-14-5-10-8(9)3-11(13)16-10/h3,7,9,14H,1-2,4-6,12-13H2. The third-order valence-electron chi connectivity index (χ3n) is 3.54. The molecule has 0 aromatic carbocycles. The number of thiophene rings is 1. The van der Waals surface area contributed by atoms with Crippen LogP contribution < -0.4 is 16.8 Å². The molecule has 0 radical (unpaired) electrons. The molecule has 0 bridgehead atoms. The van der Waals surface area contributed by atoms with Crippen LogP contribution in [-0.2, 0) is 6.54 Å². The Morgan fingerprint density at radius 1 is 1.50 bits per heavy atom. The van der Waals surface area contributed by atoms with Crippen molar-refractivity contribution in [2.24, 2.45) is 5.73 Å². The zero-order valence-electron chi connectivity index (χ0n) is 9.28. The molecule has 2 aliphatic heterocycles. The normalized spacial score (nSPS) is 30.6. The summed E-state index contributed by atoms with van der Waals surface area (Å²) in [5, 5.41) is 4.40. The molecule has 3 rings (SSSR count). The molecule has 5 N–H and O–H groups in total. The zero-order valence-corrected chi connectivity index (χ0v) is 10.1. The van der Waals surface area contributed by atoms with Gasteiger partial charge >= 0.3 is 0 Å². The molecule has 1 aromatic heterocycles. The lowest BCUT2D eigenvalue weighted by molar-refractivity contribution is 0.227. The highest BCUT2D eigenvalue weighted by Gasteiger charge is 2.31. The molecule has 16 heavy (non-hydrogen) atoms. The topological polar surface area (TPSA) is 67.3 Å². The van der Waals surface area contributed by atoms with Crippen molar-refractivity contribution < 1.29 is 0 Å². The minimum absolute atomic E-state index is 0.348. The molecule has 0 saturated carbocycles. The molecule has 1 aromatic rings. The van der Waals surface area contributed by atoms with E-state index in [-0.39, 0.29) is 0 Å². The highest BCUT2D eigenvalue weighted by atomic mass is 32.1. The summed E-state index contributed by atoms with van der Waals surface area (Å²) in [7, 11) is 0. The van der Waals surface area contributed by atoms with Crippen molar-refractivity contribution in [3.63, 3.8) is 0 Å². The van der Waals surface area contributed by atoms with E-state index < -0.39 is 0 Å². The number of anilines is 1. The Balaban J connectivity index is 1.86. The number of fused-ring (bicyclic) bond motifs is 1. The highest BCUT2D eigenvalue weighted by molar-refractivity contribution is 7.16. The molecule has 0 amide bonds. The Morgan fingerprint density at radius 2 is 2.38 bits per heavy atom. The summed E-state index contributed by atoms with van der Waals surface area (Å²) in [6.07, 6.45) is 1.12. The van der Waals surface area contributed by atoms with Gasteiger partial charge in [-0.05, 0) is 18.1 Å². The Hall–Kier alpha value is -0.620. The summed E-state index contributed by atoms with van der Waals surface area (Å²) in [5.41, 5.74) is 13.3. The SMILES string of the molecule is Nc1cc2c(s1)CNCC2N1CCC(N)C1. The fourth-order valence-corrected chi connectivity index (χ4v) is 3.70. The fraction of sp³-hybridized carbons (Fsp3) is 0.636. The van der Waals surface area contributed by atoms with Crippen molar-refractivity contribution in [3.05, 3.63) is 16.5 Å². The van der Waals surface area contributed by atoms with Gasteiger partial charge in [-0.15, -0.1) is 11.3 Å². The van der Waals surface area contributed by atoms with Crippen LogP contribution in [0.4, 0.5) is 5.00 Å². The molecule has 5 heteroatoms. The van der Waals surface area contributed by atoms with E-state index in [0.29, 0.717) is 12.1 Å². The van der Waals surface area contributed by atoms with Crippen LogP contribution in [0, 0.1) is 0 Å². The van der Waals surface area contributed by atoms with Crippen LogP contribution in [0.2, 0.25) is 0 Å². The monoisotopic (exact) mass is 238 g/mol. The number of rotatable bonds is 1. The highest BCUT2D eigenvalue weighted by Crippen LogP contribution is 2.35. The van der Waals surface area contributed by atoms with Gasteiger partial charge in [0.1, 0.15) is 0 Å². The Labute approximate surface area is 99.6 Å². The summed E-state index contributed by atoms with van der Waals surface area (Å²) in [6.45, 7) is 4.12. The number of hydrogen-bond acceptors (Lipinski definition) is 5. The number of nitrogens with two attached hydrogens (primary N) is 2. The van der Waals surface area contributed by atoms with Gasteiger partial charge in [-0.25, -0.2) is 0 Å². The number of likely N-dealkylation sites (tertiary alicyclic amines) is 1. The van der Waals surface area contributed by atoms with Gasteiger partial charge in [-0.1, -0.05) is 0 Å². The van der Waals surface area contributed by atoms with Gasteiger partial charge in [0.25, 0.3) is 0 Å². The first-order valence-corrected chi connectivity index (χ1v) is 6.64. The second kappa shape index (κ2) is 4.00. The van der Waals surface area contributed by atoms with E-state index in [0.717, 1.165) is 37.6 Å². The van der Waals surface area contributed by atoms with Gasteiger partial charge < -0.3 is 16.8 Å². The second-order valence-electron chi connectivity index (χ2n) is 4.72.